The van der Waals surface area contributed by atoms with Gasteiger partial charge in [-0.3, -0.25) is 4.79 Å². The van der Waals surface area contributed by atoms with Gasteiger partial charge in [-0.15, -0.1) is 0 Å². The van der Waals surface area contributed by atoms with E-state index in [1.807, 2.05) is 30.3 Å². The van der Waals surface area contributed by atoms with Gasteiger partial charge in [-0.1, -0.05) is 30.3 Å². The third kappa shape index (κ3) is 3.67. The Bertz CT molecular complexity index is 578. The first-order chi connectivity index (χ1) is 8.97. The number of hydrogen-bond donors (Lipinski definition) is 0. The Hall–Kier alpha value is -1.62. The molecule has 5 heteroatoms. The van der Waals surface area contributed by atoms with E-state index in [0.717, 1.165) is 5.56 Å². The summed E-state index contributed by atoms with van der Waals surface area (Å²) in [5.74, 6) is -0.130. The smallest absolute Gasteiger partial charge is 0.246 e. The van der Waals surface area contributed by atoms with E-state index >= 15 is 0 Å². The number of hydrogen-bond acceptors (Lipinski definition) is 3. The minimum Gasteiger partial charge on any atom is -0.338 e. The lowest BCUT2D eigenvalue weighted by Crippen LogP contribution is -2.30. The SMILES string of the molecule is CS(=O)(=O)[C@H]1CCN(C(=O)/C=C/c2ccccc2)C1. The Balaban J connectivity index is 1.97. The quantitative estimate of drug-likeness (QED) is 0.785. The van der Waals surface area contributed by atoms with Crippen LogP contribution in [-0.4, -0.2) is 43.8 Å². The van der Waals surface area contributed by atoms with Crippen molar-refractivity contribution in [2.75, 3.05) is 19.3 Å². The Morgan fingerprint density at radius 2 is 2.00 bits per heavy atom. The monoisotopic (exact) mass is 279 g/mol. The molecule has 1 aliphatic heterocycles. The number of carbonyl (C=O) groups excluding carboxylic acids is 1. The molecule has 1 fully saturated rings. The van der Waals surface area contributed by atoms with Crippen LogP contribution in [-0.2, 0) is 14.6 Å². The Labute approximate surface area is 113 Å². The van der Waals surface area contributed by atoms with Gasteiger partial charge in [0.15, 0.2) is 9.84 Å². The molecule has 102 valence electrons. The predicted molar refractivity (Wildman–Crippen MR) is 75.3 cm³/mol. The average molecular weight is 279 g/mol. The van der Waals surface area contributed by atoms with E-state index in [0.29, 0.717) is 19.5 Å². The lowest BCUT2D eigenvalue weighted by atomic mass is 10.2. The van der Waals surface area contributed by atoms with Gasteiger partial charge in [0.05, 0.1) is 5.25 Å². The summed E-state index contributed by atoms with van der Waals surface area (Å²) in [5.41, 5.74) is 0.953. The Morgan fingerprint density at radius 1 is 1.32 bits per heavy atom. The molecule has 0 aliphatic carbocycles. The van der Waals surface area contributed by atoms with Crippen molar-refractivity contribution in [2.24, 2.45) is 0 Å². The highest BCUT2D eigenvalue weighted by Crippen LogP contribution is 2.16. The van der Waals surface area contributed by atoms with Crippen LogP contribution >= 0.6 is 0 Å². The van der Waals surface area contributed by atoms with Crippen LogP contribution in [0, 0.1) is 0 Å². The molecule has 2 rings (SSSR count). The molecule has 19 heavy (non-hydrogen) atoms. The van der Waals surface area contributed by atoms with Crippen molar-refractivity contribution < 1.29 is 13.2 Å². The van der Waals surface area contributed by atoms with E-state index in [2.05, 4.69) is 0 Å². The van der Waals surface area contributed by atoms with Gasteiger partial charge in [-0.05, 0) is 18.1 Å². The van der Waals surface area contributed by atoms with Gasteiger partial charge in [0.2, 0.25) is 5.91 Å². The predicted octanol–water partition coefficient (Wildman–Crippen LogP) is 1.35. The van der Waals surface area contributed by atoms with Crippen molar-refractivity contribution in [3.05, 3.63) is 42.0 Å². The molecule has 0 unspecified atom stereocenters. The van der Waals surface area contributed by atoms with Crippen LogP contribution in [0.5, 0.6) is 0 Å². The lowest BCUT2D eigenvalue weighted by molar-refractivity contribution is -0.124. The van der Waals surface area contributed by atoms with E-state index in [-0.39, 0.29) is 5.91 Å². The summed E-state index contributed by atoms with van der Waals surface area (Å²) < 4.78 is 22.9. The molecule has 0 bridgehead atoms. The summed E-state index contributed by atoms with van der Waals surface area (Å²) >= 11 is 0. The largest absolute Gasteiger partial charge is 0.338 e. The Kier molecular flexibility index (Phi) is 4.04. The number of benzene rings is 1. The van der Waals surface area contributed by atoms with Crippen LogP contribution in [0.25, 0.3) is 6.08 Å². The standard InChI is InChI=1S/C14H17NO3S/c1-19(17,18)13-9-10-15(11-13)14(16)8-7-12-5-3-2-4-6-12/h2-8,13H,9-11H2,1H3/b8-7+/t13-/m0/s1. The van der Waals surface area contributed by atoms with Gasteiger partial charge < -0.3 is 4.90 Å². The second-order valence-corrected chi connectivity index (χ2v) is 7.09. The van der Waals surface area contributed by atoms with Gasteiger partial charge in [0, 0.05) is 25.4 Å². The average Bonchev–Trinajstić information content (AvgIpc) is 2.87. The normalized spacial score (nSPS) is 20.1. The third-order valence-corrected chi connectivity index (χ3v) is 4.88. The first-order valence-electron chi connectivity index (χ1n) is 6.18. The summed E-state index contributed by atoms with van der Waals surface area (Å²) in [6.45, 7) is 0.812. The maximum atomic E-state index is 11.9. The van der Waals surface area contributed by atoms with Crippen LogP contribution in [0.4, 0.5) is 0 Å². The first kappa shape index (κ1) is 13.8. The molecule has 0 aromatic heterocycles. The van der Waals surface area contributed by atoms with Crippen LogP contribution in [0.3, 0.4) is 0 Å². The summed E-state index contributed by atoms with van der Waals surface area (Å²) in [6.07, 6.45) is 5.01. The van der Waals surface area contributed by atoms with E-state index in [1.165, 1.54) is 12.3 Å². The van der Waals surface area contributed by atoms with Crippen LogP contribution in [0.1, 0.15) is 12.0 Å². The van der Waals surface area contributed by atoms with E-state index in [1.54, 1.807) is 11.0 Å². The van der Waals surface area contributed by atoms with E-state index in [9.17, 15) is 13.2 Å². The zero-order valence-corrected chi connectivity index (χ0v) is 11.6. The minimum absolute atomic E-state index is 0.130. The highest BCUT2D eigenvalue weighted by atomic mass is 32.2. The van der Waals surface area contributed by atoms with Crippen LogP contribution in [0.15, 0.2) is 36.4 Å². The highest BCUT2D eigenvalue weighted by Gasteiger charge is 2.31. The fourth-order valence-electron chi connectivity index (χ4n) is 2.11. The van der Waals surface area contributed by atoms with Crippen LogP contribution in [0.2, 0.25) is 0 Å². The molecule has 0 N–H and O–H groups in total. The molecule has 1 saturated heterocycles. The van der Waals surface area contributed by atoms with Crippen molar-refractivity contribution in [1.82, 2.24) is 4.90 Å². The summed E-state index contributed by atoms with van der Waals surface area (Å²) in [7, 11) is -3.05. The molecule has 1 amide bonds. The lowest BCUT2D eigenvalue weighted by Gasteiger charge is -2.13. The van der Waals surface area contributed by atoms with Gasteiger partial charge in [0.1, 0.15) is 0 Å². The molecule has 1 aromatic rings. The molecule has 0 saturated carbocycles. The summed E-state index contributed by atoms with van der Waals surface area (Å²) in [5, 5.41) is -0.415. The maximum absolute atomic E-state index is 11.9. The highest BCUT2D eigenvalue weighted by molar-refractivity contribution is 7.91. The van der Waals surface area contributed by atoms with Crippen LogP contribution < -0.4 is 0 Å². The second-order valence-electron chi connectivity index (χ2n) is 4.77. The zero-order valence-electron chi connectivity index (χ0n) is 10.8. The number of sulfone groups is 1. The number of rotatable bonds is 3. The maximum Gasteiger partial charge on any atom is 0.246 e. The van der Waals surface area contributed by atoms with Crippen molar-refractivity contribution in [1.29, 1.82) is 0 Å². The van der Waals surface area contributed by atoms with Crippen molar-refractivity contribution in [3.63, 3.8) is 0 Å². The van der Waals surface area contributed by atoms with Crippen molar-refractivity contribution >= 4 is 21.8 Å². The summed E-state index contributed by atoms with van der Waals surface area (Å²) in [4.78, 5) is 13.5. The molecule has 1 aromatic carbocycles. The van der Waals surface area contributed by atoms with Crippen molar-refractivity contribution in [3.8, 4) is 0 Å². The minimum atomic E-state index is -3.05. The van der Waals surface area contributed by atoms with Gasteiger partial charge in [-0.2, -0.15) is 0 Å². The van der Waals surface area contributed by atoms with E-state index < -0.39 is 15.1 Å². The fraction of sp³-hybridized carbons (Fsp3) is 0.357. The number of amides is 1. The molecule has 1 aliphatic rings. The number of nitrogens with zero attached hydrogens (tertiary/aromatic N) is 1. The first-order valence-corrected chi connectivity index (χ1v) is 8.13. The zero-order chi connectivity index (χ0) is 13.9. The van der Waals surface area contributed by atoms with Gasteiger partial charge >= 0.3 is 0 Å². The van der Waals surface area contributed by atoms with Gasteiger partial charge in [-0.25, -0.2) is 8.42 Å². The molecule has 1 atom stereocenters. The molecule has 0 spiro atoms. The third-order valence-electron chi connectivity index (χ3n) is 3.28. The number of carbonyl (C=O) groups is 1. The van der Waals surface area contributed by atoms with E-state index in [4.69, 9.17) is 0 Å². The molecule has 4 nitrogen and oxygen atoms in total. The Morgan fingerprint density at radius 3 is 2.58 bits per heavy atom. The fourth-order valence-corrected chi connectivity index (χ4v) is 3.10. The molecular formula is C14H17NO3S. The van der Waals surface area contributed by atoms with Crippen molar-refractivity contribution in [2.45, 2.75) is 11.7 Å². The number of likely N-dealkylation sites (tertiary alicyclic amines) is 1. The second kappa shape index (κ2) is 5.57. The molecule has 0 radical (unpaired) electrons. The van der Waals surface area contributed by atoms with Gasteiger partial charge in [0.25, 0.3) is 0 Å². The summed E-state index contributed by atoms with van der Waals surface area (Å²) in [6, 6.07) is 9.54. The molecule has 1 heterocycles. The molecular weight excluding hydrogens is 262 g/mol. The topological polar surface area (TPSA) is 54.5 Å².